The highest BCUT2D eigenvalue weighted by molar-refractivity contribution is 7.47. The molecule has 0 aromatic rings. The Labute approximate surface area is 487 Å². The molecule has 0 radical (unpaired) electrons. The number of hydrogen-bond donors (Lipinski definition) is 2. The van der Waals surface area contributed by atoms with E-state index in [0.717, 1.165) is 77.0 Å². The smallest absolute Gasteiger partial charge is 0.462 e. The molecule has 2 atom stereocenters. The lowest BCUT2D eigenvalue weighted by atomic mass is 10.0. The SMILES string of the molecule is CC/C=C\C/C=C\C/C=C\C/C=C\C/C=C\C/C=C\CCCCCCCCCCCCCCC(=O)OC(COC(=O)CCCCCCCCCCCCCCCCC/C=C\CCCCCCCCCC)COP(=O)(O)OCCN. The van der Waals surface area contributed by atoms with Crippen molar-refractivity contribution in [1.82, 2.24) is 0 Å². The number of esters is 2. The maximum atomic E-state index is 12.7. The minimum atomic E-state index is -4.40. The van der Waals surface area contributed by atoms with Crippen LogP contribution in [0.3, 0.4) is 0 Å². The van der Waals surface area contributed by atoms with Crippen LogP contribution in [0.25, 0.3) is 0 Å². The molecule has 0 saturated heterocycles. The van der Waals surface area contributed by atoms with Crippen LogP contribution >= 0.6 is 7.82 Å². The molecule has 0 aliphatic carbocycles. The number of hydrogen-bond acceptors (Lipinski definition) is 8. The van der Waals surface area contributed by atoms with Crippen molar-refractivity contribution >= 4 is 19.8 Å². The molecule has 0 aliphatic rings. The summed E-state index contributed by atoms with van der Waals surface area (Å²) in [5.41, 5.74) is 5.40. The predicted molar refractivity (Wildman–Crippen MR) is 339 cm³/mol. The van der Waals surface area contributed by atoms with E-state index in [2.05, 4.69) is 98.9 Å². The molecule has 0 bridgehead atoms. The second-order valence-corrected chi connectivity index (χ2v) is 23.4. The quantitative estimate of drug-likeness (QED) is 0.0264. The molecule has 2 unspecified atom stereocenters. The summed E-state index contributed by atoms with van der Waals surface area (Å²) < 4.78 is 33.2. The van der Waals surface area contributed by atoms with Gasteiger partial charge in [-0.1, -0.05) is 292 Å². The van der Waals surface area contributed by atoms with Gasteiger partial charge in [-0.3, -0.25) is 18.6 Å². The molecular formula is C69H124NO8P. The molecule has 0 amide bonds. The first kappa shape index (κ1) is 76.2. The second kappa shape index (κ2) is 64.4. The zero-order valence-electron chi connectivity index (χ0n) is 51.3. The fourth-order valence-electron chi connectivity index (χ4n) is 9.40. The van der Waals surface area contributed by atoms with Crippen molar-refractivity contribution < 1.29 is 37.6 Å². The third-order valence-electron chi connectivity index (χ3n) is 14.3. The summed E-state index contributed by atoms with van der Waals surface area (Å²) >= 11 is 0. The van der Waals surface area contributed by atoms with Gasteiger partial charge < -0.3 is 20.1 Å². The monoisotopic (exact) mass is 1130 g/mol. The molecular weight excluding hydrogens is 1000 g/mol. The van der Waals surface area contributed by atoms with Gasteiger partial charge in [0.2, 0.25) is 0 Å². The van der Waals surface area contributed by atoms with Crippen LogP contribution in [0.4, 0.5) is 0 Å². The largest absolute Gasteiger partial charge is 0.472 e. The van der Waals surface area contributed by atoms with Crippen molar-refractivity contribution in [2.75, 3.05) is 26.4 Å². The number of phosphoric ester groups is 1. The third kappa shape index (κ3) is 64.2. The molecule has 458 valence electrons. The Bertz CT molecular complexity index is 1570. The van der Waals surface area contributed by atoms with E-state index in [1.54, 1.807) is 0 Å². The lowest BCUT2D eigenvalue weighted by molar-refractivity contribution is -0.161. The van der Waals surface area contributed by atoms with Gasteiger partial charge in [0.25, 0.3) is 0 Å². The highest BCUT2D eigenvalue weighted by atomic mass is 31.2. The van der Waals surface area contributed by atoms with E-state index in [1.165, 1.54) is 199 Å². The van der Waals surface area contributed by atoms with Gasteiger partial charge >= 0.3 is 19.8 Å². The topological polar surface area (TPSA) is 134 Å². The third-order valence-corrected chi connectivity index (χ3v) is 15.2. The molecule has 10 heteroatoms. The Hall–Kier alpha value is -2.81. The van der Waals surface area contributed by atoms with Crippen molar-refractivity contribution in [3.63, 3.8) is 0 Å². The zero-order chi connectivity index (χ0) is 57.3. The van der Waals surface area contributed by atoms with Gasteiger partial charge in [0.1, 0.15) is 6.61 Å². The first-order chi connectivity index (χ1) is 38.8. The summed E-state index contributed by atoms with van der Waals surface area (Å²) in [4.78, 5) is 35.3. The Balaban J connectivity index is 3.91. The van der Waals surface area contributed by atoms with Crippen molar-refractivity contribution in [2.45, 2.75) is 315 Å². The molecule has 0 aromatic carbocycles. The Morgan fingerprint density at radius 2 is 0.696 bits per heavy atom. The van der Waals surface area contributed by atoms with Crippen molar-refractivity contribution in [1.29, 1.82) is 0 Å². The van der Waals surface area contributed by atoms with Crippen LogP contribution in [0.5, 0.6) is 0 Å². The fraction of sp³-hybridized carbons (Fsp3) is 0.768. The number of allylic oxidation sites excluding steroid dienone is 14. The summed E-state index contributed by atoms with van der Waals surface area (Å²) in [6, 6.07) is 0. The van der Waals surface area contributed by atoms with Gasteiger partial charge in [-0.2, -0.15) is 0 Å². The molecule has 0 spiro atoms. The zero-order valence-corrected chi connectivity index (χ0v) is 52.2. The summed E-state index contributed by atoms with van der Waals surface area (Å²) in [6.45, 7) is 3.67. The maximum Gasteiger partial charge on any atom is 0.472 e. The van der Waals surface area contributed by atoms with Gasteiger partial charge in [0.15, 0.2) is 6.10 Å². The molecule has 9 nitrogen and oxygen atoms in total. The average Bonchev–Trinajstić information content (AvgIpc) is 3.44. The van der Waals surface area contributed by atoms with Gasteiger partial charge in [-0.05, 0) is 89.9 Å². The summed E-state index contributed by atoms with van der Waals surface area (Å²) in [6.07, 6.45) is 85.2. The Morgan fingerprint density at radius 1 is 0.392 bits per heavy atom. The molecule has 0 saturated carbocycles. The normalized spacial score (nSPS) is 13.5. The summed E-state index contributed by atoms with van der Waals surface area (Å²) in [5, 5.41) is 0. The van der Waals surface area contributed by atoms with Gasteiger partial charge in [-0.25, -0.2) is 4.57 Å². The molecule has 3 N–H and O–H groups in total. The Morgan fingerprint density at radius 3 is 1.05 bits per heavy atom. The first-order valence-corrected chi connectivity index (χ1v) is 34.6. The maximum absolute atomic E-state index is 12.7. The van der Waals surface area contributed by atoms with Gasteiger partial charge in [-0.15, -0.1) is 0 Å². The standard InChI is InChI=1S/C69H124NO8P/c1-3-5-7-9-11-13-15-17-19-21-23-25-27-29-31-32-33-34-36-38-40-42-44-46-48-50-52-54-56-58-60-62-69(72)78-67(66-77-79(73,74)76-64-63-70)65-75-68(71)61-59-57-55-53-51-49-47-45-43-41-39-37-35-30-28-26-24-22-20-18-16-14-12-10-8-6-4-2/h5,7,11,13,17,19,22-25,29,31,33-34,67H,3-4,6,8-10,12,14-16,18,20-21,26-28,30,32,35-66,70H2,1-2H3,(H,73,74)/b7-5-,13-11-,19-17-,24-22-,25-23-,31-29-,34-33-. The predicted octanol–water partition coefficient (Wildman–Crippen LogP) is 21.4. The molecule has 0 aliphatic heterocycles. The highest BCUT2D eigenvalue weighted by Gasteiger charge is 2.26. The van der Waals surface area contributed by atoms with Crippen molar-refractivity contribution in [3.8, 4) is 0 Å². The number of nitrogens with two attached hydrogens (primary N) is 1. The van der Waals surface area contributed by atoms with E-state index in [1.807, 2.05) is 0 Å². The minimum absolute atomic E-state index is 0.0513. The van der Waals surface area contributed by atoms with Crippen molar-refractivity contribution in [3.05, 3.63) is 85.1 Å². The number of phosphoric acid groups is 1. The summed E-state index contributed by atoms with van der Waals surface area (Å²) in [5.74, 6) is -0.821. The van der Waals surface area contributed by atoms with E-state index in [-0.39, 0.29) is 38.6 Å². The molecule has 0 heterocycles. The number of carbonyl (C=O) groups is 2. The average molecular weight is 1130 g/mol. The van der Waals surface area contributed by atoms with Crippen molar-refractivity contribution in [2.24, 2.45) is 5.73 Å². The number of rotatable bonds is 62. The highest BCUT2D eigenvalue weighted by Crippen LogP contribution is 2.43. The van der Waals surface area contributed by atoms with E-state index in [4.69, 9.17) is 24.3 Å². The molecule has 0 rings (SSSR count). The van der Waals surface area contributed by atoms with Crippen LogP contribution in [-0.2, 0) is 32.7 Å². The fourth-order valence-corrected chi connectivity index (χ4v) is 10.2. The van der Waals surface area contributed by atoms with Crippen LogP contribution in [-0.4, -0.2) is 49.3 Å². The number of carbonyl (C=O) groups excluding carboxylic acids is 2. The number of unbranched alkanes of at least 4 members (excludes halogenated alkanes) is 35. The summed E-state index contributed by atoms with van der Waals surface area (Å²) in [7, 11) is -4.40. The van der Waals surface area contributed by atoms with E-state index in [9.17, 15) is 19.0 Å². The molecule has 0 aromatic heterocycles. The van der Waals surface area contributed by atoms with E-state index >= 15 is 0 Å². The van der Waals surface area contributed by atoms with E-state index in [0.29, 0.717) is 6.42 Å². The van der Waals surface area contributed by atoms with E-state index < -0.39 is 26.5 Å². The minimum Gasteiger partial charge on any atom is -0.462 e. The van der Waals surface area contributed by atoms with Crippen LogP contribution < -0.4 is 5.73 Å². The van der Waals surface area contributed by atoms with Crippen LogP contribution in [0, 0.1) is 0 Å². The lowest BCUT2D eigenvalue weighted by Crippen LogP contribution is -2.29. The number of ether oxygens (including phenoxy) is 2. The molecule has 0 fully saturated rings. The van der Waals surface area contributed by atoms with Gasteiger partial charge in [0, 0.05) is 19.4 Å². The first-order valence-electron chi connectivity index (χ1n) is 33.1. The van der Waals surface area contributed by atoms with Gasteiger partial charge in [0.05, 0.1) is 13.2 Å². The Kier molecular flexibility index (Phi) is 62.1. The van der Waals surface area contributed by atoms with Crippen LogP contribution in [0.2, 0.25) is 0 Å². The second-order valence-electron chi connectivity index (χ2n) is 22.0. The van der Waals surface area contributed by atoms with Crippen LogP contribution in [0.1, 0.15) is 309 Å². The van der Waals surface area contributed by atoms with Crippen LogP contribution in [0.15, 0.2) is 85.1 Å². The lowest BCUT2D eigenvalue weighted by Gasteiger charge is -2.19. The molecule has 79 heavy (non-hydrogen) atoms.